The van der Waals surface area contributed by atoms with Crippen LogP contribution in [0.2, 0.25) is 0 Å². The number of hydrogen-bond acceptors (Lipinski definition) is 6. The van der Waals surface area contributed by atoms with Crippen molar-refractivity contribution < 1.29 is 28.6 Å². The van der Waals surface area contributed by atoms with E-state index < -0.39 is 11.9 Å². The molecule has 0 aliphatic rings. The Bertz CT molecular complexity index is 480. The van der Waals surface area contributed by atoms with E-state index in [-0.39, 0.29) is 24.3 Å². The van der Waals surface area contributed by atoms with Gasteiger partial charge in [-0.05, 0) is 18.2 Å². The van der Waals surface area contributed by atoms with Crippen molar-refractivity contribution in [2.75, 3.05) is 14.2 Å². The molecule has 0 aliphatic heterocycles. The Balaban J connectivity index is 2.68. The zero-order valence-electron chi connectivity index (χ0n) is 10.7. The molecular formula is C13H14O6. The molecule has 0 atom stereocenters. The number of rotatable bonds is 6. The van der Waals surface area contributed by atoms with Crippen molar-refractivity contribution in [1.29, 1.82) is 0 Å². The summed E-state index contributed by atoms with van der Waals surface area (Å²) < 4.78 is 14.5. The van der Waals surface area contributed by atoms with E-state index in [0.29, 0.717) is 11.8 Å². The first-order valence-electron chi connectivity index (χ1n) is 5.51. The van der Waals surface area contributed by atoms with Gasteiger partial charge in [-0.2, -0.15) is 0 Å². The van der Waals surface area contributed by atoms with E-state index in [1.54, 1.807) is 0 Å². The third-order valence-corrected chi connectivity index (χ3v) is 2.31. The van der Waals surface area contributed by atoms with Crippen LogP contribution in [0.4, 0.5) is 0 Å². The van der Waals surface area contributed by atoms with Gasteiger partial charge in [0.25, 0.3) is 0 Å². The van der Waals surface area contributed by atoms with E-state index in [1.807, 2.05) is 0 Å². The topological polar surface area (TPSA) is 78.9 Å². The monoisotopic (exact) mass is 266 g/mol. The highest BCUT2D eigenvalue weighted by molar-refractivity contribution is 5.80. The van der Waals surface area contributed by atoms with Crippen LogP contribution in [0.5, 0.6) is 11.5 Å². The lowest BCUT2D eigenvalue weighted by Gasteiger charge is -2.09. The number of benzene rings is 1. The van der Waals surface area contributed by atoms with Crippen molar-refractivity contribution in [1.82, 2.24) is 0 Å². The molecule has 0 unspecified atom stereocenters. The highest BCUT2D eigenvalue weighted by Gasteiger charge is 2.12. The number of methoxy groups -OCH3 is 2. The third kappa shape index (κ3) is 4.42. The lowest BCUT2D eigenvalue weighted by Crippen LogP contribution is -2.12. The molecule has 0 N–H and O–H groups in total. The largest absolute Gasteiger partial charge is 0.493 e. The maximum Gasteiger partial charge on any atom is 0.311 e. The summed E-state index contributed by atoms with van der Waals surface area (Å²) in [5, 5.41) is 0. The van der Waals surface area contributed by atoms with Gasteiger partial charge in [0.1, 0.15) is 6.29 Å². The van der Waals surface area contributed by atoms with Gasteiger partial charge in [0.2, 0.25) is 0 Å². The van der Waals surface area contributed by atoms with Crippen LogP contribution in [-0.2, 0) is 14.3 Å². The van der Waals surface area contributed by atoms with Gasteiger partial charge in [-0.15, -0.1) is 0 Å². The first-order chi connectivity index (χ1) is 9.10. The van der Waals surface area contributed by atoms with Gasteiger partial charge < -0.3 is 14.2 Å². The lowest BCUT2D eigenvalue weighted by atomic mass is 10.2. The molecular weight excluding hydrogens is 252 g/mol. The highest BCUT2D eigenvalue weighted by atomic mass is 16.6. The second kappa shape index (κ2) is 7.15. The Hall–Kier alpha value is -2.37. The van der Waals surface area contributed by atoms with Crippen molar-refractivity contribution in [3.05, 3.63) is 23.8 Å². The molecule has 6 nitrogen and oxygen atoms in total. The molecule has 0 spiro atoms. The number of ether oxygens (including phenoxy) is 3. The summed E-state index contributed by atoms with van der Waals surface area (Å²) in [6, 6.07) is 4.41. The second-order valence-corrected chi connectivity index (χ2v) is 3.58. The normalized spacial score (nSPS) is 9.58. The van der Waals surface area contributed by atoms with Crippen molar-refractivity contribution in [2.45, 2.75) is 12.8 Å². The number of aldehydes is 1. The van der Waals surface area contributed by atoms with Crippen LogP contribution < -0.4 is 9.47 Å². The molecule has 0 aromatic heterocycles. The molecule has 102 valence electrons. The van der Waals surface area contributed by atoms with Crippen molar-refractivity contribution in [3.8, 4) is 11.5 Å². The molecule has 0 aliphatic carbocycles. The van der Waals surface area contributed by atoms with E-state index >= 15 is 0 Å². The second-order valence-electron chi connectivity index (χ2n) is 3.58. The summed E-state index contributed by atoms with van der Waals surface area (Å²) in [4.78, 5) is 33.0. The molecule has 0 fully saturated rings. The van der Waals surface area contributed by atoms with Gasteiger partial charge in [-0.1, -0.05) is 0 Å². The molecule has 0 saturated carbocycles. The van der Waals surface area contributed by atoms with Gasteiger partial charge >= 0.3 is 11.9 Å². The Morgan fingerprint density at radius 3 is 2.37 bits per heavy atom. The molecule has 0 heterocycles. The lowest BCUT2D eigenvalue weighted by molar-refractivity contribution is -0.144. The predicted molar refractivity (Wildman–Crippen MR) is 65.3 cm³/mol. The SMILES string of the molecule is COC(=O)CCC(=O)Oc1ccc(C=O)cc1OC. The molecule has 0 bridgehead atoms. The molecule has 19 heavy (non-hydrogen) atoms. The fourth-order valence-electron chi connectivity index (χ4n) is 1.32. The van der Waals surface area contributed by atoms with Gasteiger partial charge in [0.05, 0.1) is 27.1 Å². The van der Waals surface area contributed by atoms with Crippen LogP contribution in [0.15, 0.2) is 18.2 Å². The molecule has 1 rings (SSSR count). The highest BCUT2D eigenvalue weighted by Crippen LogP contribution is 2.27. The zero-order valence-corrected chi connectivity index (χ0v) is 10.7. The predicted octanol–water partition coefficient (Wildman–Crippen LogP) is 1.37. The van der Waals surface area contributed by atoms with Crippen molar-refractivity contribution >= 4 is 18.2 Å². The number of carbonyl (C=O) groups excluding carboxylic acids is 3. The van der Waals surface area contributed by atoms with Gasteiger partial charge in [-0.25, -0.2) is 0 Å². The quantitative estimate of drug-likeness (QED) is 0.439. The maximum atomic E-state index is 11.5. The van der Waals surface area contributed by atoms with E-state index in [9.17, 15) is 14.4 Å². The summed E-state index contributed by atoms with van der Waals surface area (Å²) in [6.45, 7) is 0. The Labute approximate surface area is 110 Å². The van der Waals surface area contributed by atoms with Gasteiger partial charge in [0, 0.05) is 5.56 Å². The minimum absolute atomic E-state index is 0.0515. The number of hydrogen-bond donors (Lipinski definition) is 0. The van der Waals surface area contributed by atoms with Gasteiger partial charge in [0.15, 0.2) is 11.5 Å². The fourth-order valence-corrected chi connectivity index (χ4v) is 1.32. The first kappa shape index (κ1) is 14.7. The summed E-state index contributed by atoms with van der Waals surface area (Å²) >= 11 is 0. The van der Waals surface area contributed by atoms with E-state index in [4.69, 9.17) is 9.47 Å². The summed E-state index contributed by atoms with van der Waals surface area (Å²) in [7, 11) is 2.64. The Morgan fingerprint density at radius 1 is 1.11 bits per heavy atom. The van der Waals surface area contributed by atoms with Crippen LogP contribution in [0, 0.1) is 0 Å². The van der Waals surface area contributed by atoms with Crippen LogP contribution in [0.25, 0.3) is 0 Å². The molecule has 0 radical (unpaired) electrons. The Morgan fingerprint density at radius 2 is 1.79 bits per heavy atom. The number of carbonyl (C=O) groups is 3. The summed E-state index contributed by atoms with van der Waals surface area (Å²) in [5.41, 5.74) is 0.409. The number of esters is 2. The van der Waals surface area contributed by atoms with Crippen LogP contribution in [0.3, 0.4) is 0 Å². The molecule has 0 saturated heterocycles. The average molecular weight is 266 g/mol. The van der Waals surface area contributed by atoms with Crippen molar-refractivity contribution in [2.24, 2.45) is 0 Å². The molecule has 1 aromatic carbocycles. The minimum Gasteiger partial charge on any atom is -0.493 e. The zero-order chi connectivity index (χ0) is 14.3. The molecule has 6 heteroatoms. The maximum absolute atomic E-state index is 11.5. The third-order valence-electron chi connectivity index (χ3n) is 2.31. The van der Waals surface area contributed by atoms with Crippen molar-refractivity contribution in [3.63, 3.8) is 0 Å². The summed E-state index contributed by atoms with van der Waals surface area (Å²) in [6.07, 6.45) is 0.515. The van der Waals surface area contributed by atoms with E-state index in [0.717, 1.165) is 0 Å². The standard InChI is InChI=1S/C13H14O6/c1-17-11-7-9(8-14)3-4-10(11)19-13(16)6-5-12(15)18-2/h3-4,7-8H,5-6H2,1-2H3. The van der Waals surface area contributed by atoms with E-state index in [2.05, 4.69) is 4.74 Å². The molecule has 0 amide bonds. The van der Waals surface area contributed by atoms with Crippen LogP contribution in [0.1, 0.15) is 23.2 Å². The molecule has 1 aromatic rings. The Kier molecular flexibility index (Phi) is 5.53. The average Bonchev–Trinajstić information content (AvgIpc) is 2.45. The fraction of sp³-hybridized carbons (Fsp3) is 0.308. The van der Waals surface area contributed by atoms with E-state index in [1.165, 1.54) is 32.4 Å². The van der Waals surface area contributed by atoms with Crippen LogP contribution >= 0.6 is 0 Å². The van der Waals surface area contributed by atoms with Gasteiger partial charge in [-0.3, -0.25) is 14.4 Å². The minimum atomic E-state index is -0.581. The smallest absolute Gasteiger partial charge is 0.311 e. The first-order valence-corrected chi connectivity index (χ1v) is 5.51. The summed E-state index contributed by atoms with van der Waals surface area (Å²) in [5.74, 6) is -0.596. The van der Waals surface area contributed by atoms with Crippen LogP contribution in [-0.4, -0.2) is 32.4 Å².